The maximum atomic E-state index is 10.2. The molecular weight excluding hydrogens is 258 g/mol. The number of hydrogen-bond acceptors (Lipinski definition) is 4. The molecule has 3 nitrogen and oxygen atoms in total. The second kappa shape index (κ2) is 5.20. The first-order valence-electron chi connectivity index (χ1n) is 5.89. The summed E-state index contributed by atoms with van der Waals surface area (Å²) in [6.45, 7) is 0.0838. The van der Waals surface area contributed by atoms with Crippen LogP contribution in [0.15, 0.2) is 48.5 Å². The monoisotopic (exact) mass is 269 g/mol. The van der Waals surface area contributed by atoms with Gasteiger partial charge in [-0.2, -0.15) is 0 Å². The van der Waals surface area contributed by atoms with Crippen LogP contribution in [0.4, 0.5) is 0 Å². The fraction of sp³-hybridized carbons (Fsp3) is 0.0667. The molecule has 3 rings (SSSR count). The number of aldehydes is 1. The molecule has 4 heteroatoms. The molecule has 0 spiro atoms. The van der Waals surface area contributed by atoms with Crippen LogP contribution in [0, 0.1) is 0 Å². The Morgan fingerprint density at radius 2 is 1.89 bits per heavy atom. The maximum Gasteiger partial charge on any atom is 0.157 e. The van der Waals surface area contributed by atoms with E-state index < -0.39 is 0 Å². The molecule has 0 saturated carbocycles. The standard InChI is InChI=1S/C15H11NO2S/c17-9-10-18-12-7-5-11(6-8-12)15-16-13-3-1-2-4-14(13)19-15/h1-9H,10H2. The van der Waals surface area contributed by atoms with E-state index in [0.717, 1.165) is 22.4 Å². The second-order valence-corrected chi connectivity index (χ2v) is 5.02. The highest BCUT2D eigenvalue weighted by molar-refractivity contribution is 7.21. The van der Waals surface area contributed by atoms with Gasteiger partial charge in [0.05, 0.1) is 10.2 Å². The molecule has 3 aromatic rings. The summed E-state index contributed by atoms with van der Waals surface area (Å²) in [5, 5.41) is 0.989. The van der Waals surface area contributed by atoms with Crippen molar-refractivity contribution in [1.82, 2.24) is 4.98 Å². The highest BCUT2D eigenvalue weighted by Crippen LogP contribution is 2.30. The van der Waals surface area contributed by atoms with Crippen LogP contribution in [0.5, 0.6) is 5.75 Å². The van der Waals surface area contributed by atoms with E-state index in [2.05, 4.69) is 11.1 Å². The fourth-order valence-corrected chi connectivity index (χ4v) is 2.79. The molecule has 0 radical (unpaired) electrons. The summed E-state index contributed by atoms with van der Waals surface area (Å²) in [5.74, 6) is 0.692. The average Bonchev–Trinajstić information content (AvgIpc) is 2.89. The molecule has 0 aliphatic carbocycles. The van der Waals surface area contributed by atoms with Crippen molar-refractivity contribution < 1.29 is 9.53 Å². The Morgan fingerprint density at radius 3 is 2.63 bits per heavy atom. The Bertz CT molecular complexity index is 670. The Labute approximate surface area is 114 Å². The van der Waals surface area contributed by atoms with Crippen molar-refractivity contribution in [3.8, 4) is 16.3 Å². The van der Waals surface area contributed by atoms with Crippen LogP contribution in [0.3, 0.4) is 0 Å². The zero-order valence-corrected chi connectivity index (χ0v) is 10.9. The third-order valence-corrected chi connectivity index (χ3v) is 3.80. The summed E-state index contributed by atoms with van der Waals surface area (Å²) in [5.41, 5.74) is 2.07. The van der Waals surface area contributed by atoms with Gasteiger partial charge in [0, 0.05) is 5.56 Å². The Balaban J connectivity index is 1.90. The van der Waals surface area contributed by atoms with Crippen LogP contribution in [0.25, 0.3) is 20.8 Å². The minimum atomic E-state index is 0.0838. The summed E-state index contributed by atoms with van der Waals surface area (Å²) in [6.07, 6.45) is 0.738. The molecule has 0 aliphatic heterocycles. The zero-order chi connectivity index (χ0) is 13.1. The Kier molecular flexibility index (Phi) is 3.25. The zero-order valence-electron chi connectivity index (χ0n) is 10.1. The Hall–Kier alpha value is -2.20. The SMILES string of the molecule is O=CCOc1ccc(-c2nc3ccccc3s2)cc1. The van der Waals surface area contributed by atoms with Gasteiger partial charge >= 0.3 is 0 Å². The molecule has 0 bridgehead atoms. The van der Waals surface area contributed by atoms with Crippen LogP contribution in [0.1, 0.15) is 0 Å². The van der Waals surface area contributed by atoms with Gasteiger partial charge in [-0.05, 0) is 36.4 Å². The number of carbonyl (C=O) groups excluding carboxylic acids is 1. The highest BCUT2D eigenvalue weighted by Gasteiger charge is 2.05. The van der Waals surface area contributed by atoms with Crippen molar-refractivity contribution in [2.75, 3.05) is 6.61 Å². The molecule has 19 heavy (non-hydrogen) atoms. The van der Waals surface area contributed by atoms with Crippen molar-refractivity contribution in [3.63, 3.8) is 0 Å². The van der Waals surface area contributed by atoms with Crippen molar-refractivity contribution >= 4 is 27.8 Å². The number of ether oxygens (including phenoxy) is 1. The van der Waals surface area contributed by atoms with E-state index in [9.17, 15) is 4.79 Å². The number of rotatable bonds is 4. The molecule has 1 aromatic heterocycles. The Morgan fingerprint density at radius 1 is 1.11 bits per heavy atom. The fourth-order valence-electron chi connectivity index (χ4n) is 1.82. The topological polar surface area (TPSA) is 39.2 Å². The van der Waals surface area contributed by atoms with Crippen LogP contribution in [-0.2, 0) is 4.79 Å². The number of benzene rings is 2. The maximum absolute atomic E-state index is 10.2. The van der Waals surface area contributed by atoms with Crippen molar-refractivity contribution in [2.45, 2.75) is 0 Å². The van der Waals surface area contributed by atoms with E-state index in [0.29, 0.717) is 5.75 Å². The van der Waals surface area contributed by atoms with Crippen LogP contribution >= 0.6 is 11.3 Å². The van der Waals surface area contributed by atoms with E-state index in [1.165, 1.54) is 4.70 Å². The van der Waals surface area contributed by atoms with Gasteiger partial charge in [-0.1, -0.05) is 12.1 Å². The molecule has 2 aromatic carbocycles. The smallest absolute Gasteiger partial charge is 0.157 e. The first kappa shape index (κ1) is 11.9. The van der Waals surface area contributed by atoms with Crippen molar-refractivity contribution in [3.05, 3.63) is 48.5 Å². The molecule has 94 valence electrons. The van der Waals surface area contributed by atoms with Gasteiger partial charge in [0.25, 0.3) is 0 Å². The molecule has 0 amide bonds. The predicted molar refractivity (Wildman–Crippen MR) is 76.6 cm³/mol. The van der Waals surface area contributed by atoms with Crippen LogP contribution < -0.4 is 4.74 Å². The quantitative estimate of drug-likeness (QED) is 0.680. The van der Waals surface area contributed by atoms with E-state index in [-0.39, 0.29) is 6.61 Å². The highest BCUT2D eigenvalue weighted by atomic mass is 32.1. The van der Waals surface area contributed by atoms with Gasteiger partial charge in [0.15, 0.2) is 6.29 Å². The van der Waals surface area contributed by atoms with Crippen molar-refractivity contribution in [2.24, 2.45) is 0 Å². The number of nitrogens with zero attached hydrogens (tertiary/aromatic N) is 1. The molecule has 0 fully saturated rings. The molecule has 0 N–H and O–H groups in total. The lowest BCUT2D eigenvalue weighted by atomic mass is 10.2. The van der Waals surface area contributed by atoms with Gasteiger partial charge in [0.2, 0.25) is 0 Å². The lowest BCUT2D eigenvalue weighted by Crippen LogP contribution is -1.96. The molecule has 0 saturated heterocycles. The summed E-state index contributed by atoms with van der Waals surface area (Å²) in [4.78, 5) is 14.8. The van der Waals surface area contributed by atoms with Gasteiger partial charge in [-0.25, -0.2) is 4.98 Å². The largest absolute Gasteiger partial charge is 0.486 e. The molecular formula is C15H11NO2S. The first-order chi connectivity index (χ1) is 9.36. The lowest BCUT2D eigenvalue weighted by Gasteiger charge is -2.02. The third kappa shape index (κ3) is 2.48. The first-order valence-corrected chi connectivity index (χ1v) is 6.71. The van der Waals surface area contributed by atoms with E-state index in [1.54, 1.807) is 11.3 Å². The van der Waals surface area contributed by atoms with E-state index in [1.807, 2.05) is 42.5 Å². The molecule has 0 aliphatic rings. The summed E-state index contributed by atoms with van der Waals surface area (Å²) < 4.78 is 6.40. The van der Waals surface area contributed by atoms with Gasteiger partial charge in [-0.15, -0.1) is 11.3 Å². The minimum absolute atomic E-state index is 0.0838. The van der Waals surface area contributed by atoms with Gasteiger partial charge in [0.1, 0.15) is 17.4 Å². The predicted octanol–water partition coefficient (Wildman–Crippen LogP) is 3.54. The third-order valence-electron chi connectivity index (χ3n) is 2.71. The summed E-state index contributed by atoms with van der Waals surface area (Å²) in [6, 6.07) is 15.7. The number of hydrogen-bond donors (Lipinski definition) is 0. The normalized spacial score (nSPS) is 10.5. The lowest BCUT2D eigenvalue weighted by molar-refractivity contribution is -0.109. The summed E-state index contributed by atoms with van der Waals surface area (Å²) in [7, 11) is 0. The average molecular weight is 269 g/mol. The number of carbonyl (C=O) groups is 1. The number of fused-ring (bicyclic) bond motifs is 1. The number of thiazole rings is 1. The number of aromatic nitrogens is 1. The summed E-state index contributed by atoms with van der Waals surface area (Å²) >= 11 is 1.67. The van der Waals surface area contributed by atoms with Gasteiger partial charge < -0.3 is 4.74 Å². The van der Waals surface area contributed by atoms with Gasteiger partial charge in [-0.3, -0.25) is 4.79 Å². The number of para-hydroxylation sites is 1. The van der Waals surface area contributed by atoms with E-state index >= 15 is 0 Å². The molecule has 0 unspecified atom stereocenters. The molecule has 0 atom stereocenters. The van der Waals surface area contributed by atoms with Crippen LogP contribution in [-0.4, -0.2) is 17.9 Å². The molecule has 1 heterocycles. The second-order valence-electron chi connectivity index (χ2n) is 3.99. The minimum Gasteiger partial charge on any atom is -0.486 e. The van der Waals surface area contributed by atoms with E-state index in [4.69, 9.17) is 4.74 Å². The van der Waals surface area contributed by atoms with Crippen molar-refractivity contribution in [1.29, 1.82) is 0 Å². The van der Waals surface area contributed by atoms with Crippen LogP contribution in [0.2, 0.25) is 0 Å².